The molecule has 0 spiro atoms. The van der Waals surface area contributed by atoms with Crippen molar-refractivity contribution in [1.29, 1.82) is 0 Å². The molecule has 1 amide bonds. The van der Waals surface area contributed by atoms with Crippen LogP contribution in [0.4, 0.5) is 0 Å². The zero-order valence-electron chi connectivity index (χ0n) is 10.7. The lowest BCUT2D eigenvalue weighted by Gasteiger charge is -2.47. The number of rotatable bonds is 3. The Balaban J connectivity index is 2.09. The number of amides is 1. The Labute approximate surface area is 103 Å². The summed E-state index contributed by atoms with van der Waals surface area (Å²) in [6.45, 7) is 6.98. The SMILES string of the molecule is CC1(C)CNC(=O)C(CN)N1CC1CCCO1. The standard InChI is InChI=1S/C12H23N3O2/c1-12(2)8-14-11(16)10(6-13)15(12)7-9-4-3-5-17-9/h9-10H,3-8,13H2,1-2H3,(H,14,16). The van der Waals surface area contributed by atoms with Crippen LogP contribution in [0.25, 0.3) is 0 Å². The van der Waals surface area contributed by atoms with E-state index in [0.29, 0.717) is 13.1 Å². The van der Waals surface area contributed by atoms with E-state index in [-0.39, 0.29) is 23.6 Å². The molecule has 0 aromatic heterocycles. The number of hydrogen-bond acceptors (Lipinski definition) is 4. The van der Waals surface area contributed by atoms with Crippen molar-refractivity contribution in [3.63, 3.8) is 0 Å². The monoisotopic (exact) mass is 241 g/mol. The first-order valence-electron chi connectivity index (χ1n) is 6.41. The first kappa shape index (κ1) is 12.8. The lowest BCUT2D eigenvalue weighted by Crippen LogP contribution is -2.68. The van der Waals surface area contributed by atoms with Crippen LogP contribution in [0.2, 0.25) is 0 Å². The normalized spacial score (nSPS) is 33.7. The molecule has 2 rings (SSSR count). The maximum Gasteiger partial charge on any atom is 0.238 e. The van der Waals surface area contributed by atoms with Crippen molar-refractivity contribution in [2.24, 2.45) is 5.73 Å². The minimum absolute atomic E-state index is 0.0461. The minimum Gasteiger partial charge on any atom is -0.377 e. The van der Waals surface area contributed by atoms with Crippen molar-refractivity contribution in [2.45, 2.75) is 44.4 Å². The molecule has 2 saturated heterocycles. The molecule has 0 bridgehead atoms. The lowest BCUT2D eigenvalue weighted by molar-refractivity contribution is -0.135. The molecule has 0 aromatic carbocycles. The van der Waals surface area contributed by atoms with Gasteiger partial charge < -0.3 is 15.8 Å². The van der Waals surface area contributed by atoms with Crippen molar-refractivity contribution in [3.05, 3.63) is 0 Å². The Morgan fingerprint density at radius 1 is 1.59 bits per heavy atom. The number of piperazine rings is 1. The molecule has 0 aromatic rings. The van der Waals surface area contributed by atoms with Gasteiger partial charge in [-0.1, -0.05) is 0 Å². The van der Waals surface area contributed by atoms with Gasteiger partial charge in [-0.15, -0.1) is 0 Å². The summed E-state index contributed by atoms with van der Waals surface area (Å²) in [5.41, 5.74) is 5.68. The Morgan fingerprint density at radius 2 is 2.35 bits per heavy atom. The molecule has 5 heteroatoms. The van der Waals surface area contributed by atoms with Crippen LogP contribution in [-0.4, -0.2) is 54.7 Å². The molecule has 0 aliphatic carbocycles. The van der Waals surface area contributed by atoms with Gasteiger partial charge in [0, 0.05) is 31.8 Å². The zero-order valence-corrected chi connectivity index (χ0v) is 10.7. The molecule has 0 saturated carbocycles. The quantitative estimate of drug-likeness (QED) is 0.712. The second-order valence-electron chi connectivity index (χ2n) is 5.57. The largest absolute Gasteiger partial charge is 0.377 e. The average Bonchev–Trinajstić information content (AvgIpc) is 2.77. The highest BCUT2D eigenvalue weighted by Gasteiger charge is 2.41. The summed E-state index contributed by atoms with van der Waals surface area (Å²) < 4.78 is 5.66. The van der Waals surface area contributed by atoms with E-state index in [9.17, 15) is 4.79 Å². The topological polar surface area (TPSA) is 67.6 Å². The highest BCUT2D eigenvalue weighted by atomic mass is 16.5. The number of nitrogens with zero attached hydrogens (tertiary/aromatic N) is 1. The van der Waals surface area contributed by atoms with Crippen LogP contribution in [0.15, 0.2) is 0 Å². The van der Waals surface area contributed by atoms with Gasteiger partial charge in [-0.2, -0.15) is 0 Å². The number of nitrogens with two attached hydrogens (primary N) is 1. The Morgan fingerprint density at radius 3 is 2.94 bits per heavy atom. The predicted molar refractivity (Wildman–Crippen MR) is 65.6 cm³/mol. The fourth-order valence-corrected chi connectivity index (χ4v) is 2.70. The van der Waals surface area contributed by atoms with Crippen LogP contribution in [0, 0.1) is 0 Å². The van der Waals surface area contributed by atoms with E-state index >= 15 is 0 Å². The summed E-state index contributed by atoms with van der Waals surface area (Å²) >= 11 is 0. The number of nitrogens with one attached hydrogen (secondary N) is 1. The minimum atomic E-state index is -0.219. The van der Waals surface area contributed by atoms with Gasteiger partial charge in [0.25, 0.3) is 0 Å². The molecule has 2 aliphatic rings. The number of carbonyl (C=O) groups excluding carboxylic acids is 1. The predicted octanol–water partition coefficient (Wildman–Crippen LogP) is -0.297. The Kier molecular flexibility index (Phi) is 3.70. The zero-order chi connectivity index (χ0) is 12.5. The van der Waals surface area contributed by atoms with E-state index in [1.54, 1.807) is 0 Å². The molecule has 98 valence electrons. The molecular weight excluding hydrogens is 218 g/mol. The van der Waals surface area contributed by atoms with E-state index in [2.05, 4.69) is 24.1 Å². The molecule has 17 heavy (non-hydrogen) atoms. The molecule has 2 atom stereocenters. The molecule has 2 aliphatic heterocycles. The first-order chi connectivity index (χ1) is 8.04. The van der Waals surface area contributed by atoms with E-state index < -0.39 is 0 Å². The van der Waals surface area contributed by atoms with Gasteiger partial charge in [0.05, 0.1) is 6.10 Å². The fourth-order valence-electron chi connectivity index (χ4n) is 2.70. The second-order valence-corrected chi connectivity index (χ2v) is 5.57. The van der Waals surface area contributed by atoms with Crippen LogP contribution in [0.1, 0.15) is 26.7 Å². The summed E-state index contributed by atoms with van der Waals surface area (Å²) in [7, 11) is 0. The van der Waals surface area contributed by atoms with Gasteiger partial charge in [-0.3, -0.25) is 9.69 Å². The lowest BCUT2D eigenvalue weighted by atomic mass is 9.94. The van der Waals surface area contributed by atoms with Crippen molar-refractivity contribution in [3.8, 4) is 0 Å². The van der Waals surface area contributed by atoms with Crippen LogP contribution < -0.4 is 11.1 Å². The van der Waals surface area contributed by atoms with Gasteiger partial charge in [0.1, 0.15) is 6.04 Å². The molecular formula is C12H23N3O2. The van der Waals surface area contributed by atoms with Gasteiger partial charge in [-0.25, -0.2) is 0 Å². The van der Waals surface area contributed by atoms with Gasteiger partial charge in [0.15, 0.2) is 0 Å². The Bertz CT molecular complexity index is 287. The molecule has 3 N–H and O–H groups in total. The van der Waals surface area contributed by atoms with Crippen LogP contribution in [0.3, 0.4) is 0 Å². The Hall–Kier alpha value is -0.650. The number of ether oxygens (including phenoxy) is 1. The molecule has 5 nitrogen and oxygen atoms in total. The second kappa shape index (κ2) is 4.92. The van der Waals surface area contributed by atoms with Crippen molar-refractivity contribution in [1.82, 2.24) is 10.2 Å². The third-order valence-electron chi connectivity index (χ3n) is 3.80. The number of carbonyl (C=O) groups is 1. The van der Waals surface area contributed by atoms with E-state index in [1.807, 2.05) is 0 Å². The van der Waals surface area contributed by atoms with Crippen LogP contribution in [0.5, 0.6) is 0 Å². The molecule has 2 heterocycles. The summed E-state index contributed by atoms with van der Waals surface area (Å²) in [6, 6.07) is -0.219. The highest BCUT2D eigenvalue weighted by Crippen LogP contribution is 2.24. The smallest absolute Gasteiger partial charge is 0.238 e. The first-order valence-corrected chi connectivity index (χ1v) is 6.41. The summed E-state index contributed by atoms with van der Waals surface area (Å²) in [5.74, 6) is 0.0461. The maximum absolute atomic E-state index is 11.8. The fraction of sp³-hybridized carbons (Fsp3) is 0.917. The average molecular weight is 241 g/mol. The highest BCUT2D eigenvalue weighted by molar-refractivity contribution is 5.83. The van der Waals surface area contributed by atoms with Gasteiger partial charge in [0.2, 0.25) is 5.91 Å². The summed E-state index contributed by atoms with van der Waals surface area (Å²) in [4.78, 5) is 14.0. The maximum atomic E-state index is 11.8. The van der Waals surface area contributed by atoms with Crippen molar-refractivity contribution < 1.29 is 9.53 Å². The summed E-state index contributed by atoms with van der Waals surface area (Å²) in [5, 5.41) is 2.93. The van der Waals surface area contributed by atoms with Gasteiger partial charge in [-0.05, 0) is 26.7 Å². The van der Waals surface area contributed by atoms with E-state index in [1.165, 1.54) is 0 Å². The van der Waals surface area contributed by atoms with E-state index in [4.69, 9.17) is 10.5 Å². The third kappa shape index (κ3) is 2.61. The molecule has 2 unspecified atom stereocenters. The number of hydrogen-bond donors (Lipinski definition) is 2. The van der Waals surface area contributed by atoms with Crippen LogP contribution in [-0.2, 0) is 9.53 Å². The van der Waals surface area contributed by atoms with Crippen molar-refractivity contribution >= 4 is 5.91 Å². The summed E-state index contributed by atoms with van der Waals surface area (Å²) in [6.07, 6.45) is 2.47. The van der Waals surface area contributed by atoms with E-state index in [0.717, 1.165) is 26.0 Å². The molecule has 0 radical (unpaired) electrons. The van der Waals surface area contributed by atoms with Gasteiger partial charge >= 0.3 is 0 Å². The van der Waals surface area contributed by atoms with Crippen LogP contribution >= 0.6 is 0 Å². The third-order valence-corrected chi connectivity index (χ3v) is 3.80. The van der Waals surface area contributed by atoms with Crippen molar-refractivity contribution in [2.75, 3.05) is 26.2 Å². The molecule has 2 fully saturated rings.